The van der Waals surface area contributed by atoms with Gasteiger partial charge in [0.25, 0.3) is 0 Å². The molecule has 0 spiro atoms. The third-order valence-electron chi connectivity index (χ3n) is 2.14. The van der Waals surface area contributed by atoms with Crippen molar-refractivity contribution in [2.24, 2.45) is 0 Å². The van der Waals surface area contributed by atoms with Crippen LogP contribution in [-0.2, 0) is 16.4 Å². The second-order valence-electron chi connectivity index (χ2n) is 3.34. The van der Waals surface area contributed by atoms with E-state index in [-0.39, 0.29) is 5.75 Å². The highest BCUT2D eigenvalue weighted by molar-refractivity contribution is 7.92. The van der Waals surface area contributed by atoms with Crippen molar-refractivity contribution in [1.82, 2.24) is 4.72 Å². The van der Waals surface area contributed by atoms with Crippen LogP contribution < -0.4 is 4.72 Å². The monoisotopic (exact) mass is 241 g/mol. The van der Waals surface area contributed by atoms with Crippen LogP contribution in [0.2, 0.25) is 0 Å². The maximum Gasteiger partial charge on any atom is 0.233 e. The normalized spacial score (nSPS) is 11.2. The lowest BCUT2D eigenvalue weighted by Gasteiger charge is -2.04. The van der Waals surface area contributed by atoms with Crippen LogP contribution in [0, 0.1) is 0 Å². The van der Waals surface area contributed by atoms with Gasteiger partial charge in [0.05, 0.1) is 0 Å². The fraction of sp³-hybridized carbons (Fsp3) is 0.273. The summed E-state index contributed by atoms with van der Waals surface area (Å²) in [4.78, 5) is 0. The second kappa shape index (κ2) is 5.67. The van der Waals surface area contributed by atoms with Crippen molar-refractivity contribution in [2.45, 2.75) is 12.8 Å². The number of sulfonamides is 1. The van der Waals surface area contributed by atoms with E-state index in [9.17, 15) is 13.5 Å². The van der Waals surface area contributed by atoms with Gasteiger partial charge in [-0.15, -0.1) is 0 Å². The minimum Gasteiger partial charge on any atom is -0.508 e. The Hall–Kier alpha value is -1.33. The maximum atomic E-state index is 11.0. The molecule has 2 N–H and O–H groups in total. The number of benzene rings is 1. The molecule has 0 aliphatic carbocycles. The highest BCUT2D eigenvalue weighted by Gasteiger charge is 2.03. The first-order valence-electron chi connectivity index (χ1n) is 4.94. The van der Waals surface area contributed by atoms with Crippen LogP contribution in [0.4, 0.5) is 0 Å². The third-order valence-corrected chi connectivity index (χ3v) is 3.18. The number of nitrogens with one attached hydrogen (secondary N) is 1. The minimum absolute atomic E-state index is 0.245. The van der Waals surface area contributed by atoms with E-state index in [1.807, 2.05) is 12.1 Å². The summed E-state index contributed by atoms with van der Waals surface area (Å²) in [6.45, 7) is 3.53. The van der Waals surface area contributed by atoms with E-state index in [0.717, 1.165) is 11.0 Å². The first-order chi connectivity index (χ1) is 7.55. The van der Waals surface area contributed by atoms with Crippen LogP contribution in [-0.4, -0.2) is 20.1 Å². The highest BCUT2D eigenvalue weighted by Crippen LogP contribution is 2.16. The summed E-state index contributed by atoms with van der Waals surface area (Å²) in [7, 11) is -3.33. The molecule has 0 atom stereocenters. The number of aromatic hydroxyl groups is 1. The van der Waals surface area contributed by atoms with Crippen molar-refractivity contribution >= 4 is 10.0 Å². The summed E-state index contributed by atoms with van der Waals surface area (Å²) < 4.78 is 24.4. The Labute approximate surface area is 95.7 Å². The molecule has 88 valence electrons. The third kappa shape index (κ3) is 4.04. The Balaban J connectivity index is 2.37. The molecule has 0 amide bonds. The molecule has 1 aromatic carbocycles. The topological polar surface area (TPSA) is 66.4 Å². The second-order valence-corrected chi connectivity index (χ2v) is 5.05. The molecule has 16 heavy (non-hydrogen) atoms. The molecule has 4 nitrogen and oxygen atoms in total. The Kier molecular flexibility index (Phi) is 4.52. The molecule has 1 aromatic rings. The van der Waals surface area contributed by atoms with Crippen molar-refractivity contribution < 1.29 is 13.5 Å². The smallest absolute Gasteiger partial charge is 0.233 e. The van der Waals surface area contributed by atoms with E-state index in [1.54, 1.807) is 12.1 Å². The molecular formula is C11H15NO3S. The van der Waals surface area contributed by atoms with Crippen LogP contribution in [0.25, 0.3) is 0 Å². The summed E-state index contributed by atoms with van der Waals surface area (Å²) in [5.74, 6) is 0.245. The number of aryl methyl sites for hydroxylation is 1. The van der Waals surface area contributed by atoms with Crippen LogP contribution in [0.15, 0.2) is 36.3 Å². The first kappa shape index (κ1) is 12.7. The van der Waals surface area contributed by atoms with Crippen LogP contribution >= 0.6 is 0 Å². The molecule has 0 heterocycles. The molecule has 1 rings (SSSR count). The average molecular weight is 241 g/mol. The summed E-state index contributed by atoms with van der Waals surface area (Å²) >= 11 is 0. The number of hydrogen-bond donors (Lipinski definition) is 2. The zero-order valence-electron chi connectivity index (χ0n) is 8.89. The predicted octanol–water partition coefficient (Wildman–Crippen LogP) is 1.39. The fourth-order valence-corrected chi connectivity index (χ4v) is 1.82. The van der Waals surface area contributed by atoms with Gasteiger partial charge in [-0.3, -0.25) is 0 Å². The van der Waals surface area contributed by atoms with Gasteiger partial charge in [0.2, 0.25) is 10.0 Å². The lowest BCUT2D eigenvalue weighted by atomic mass is 10.1. The molecule has 0 bridgehead atoms. The molecule has 0 aromatic heterocycles. The van der Waals surface area contributed by atoms with Crippen molar-refractivity contribution in [3.63, 3.8) is 0 Å². The Morgan fingerprint density at radius 3 is 2.69 bits per heavy atom. The van der Waals surface area contributed by atoms with Gasteiger partial charge in [0, 0.05) is 12.0 Å². The van der Waals surface area contributed by atoms with Crippen molar-refractivity contribution in [2.75, 3.05) is 6.54 Å². The van der Waals surface area contributed by atoms with Crippen LogP contribution in [0.5, 0.6) is 5.75 Å². The summed E-state index contributed by atoms with van der Waals surface area (Å²) in [5.41, 5.74) is 0.820. The predicted molar refractivity (Wildman–Crippen MR) is 63.5 cm³/mol. The maximum absolute atomic E-state index is 11.0. The SMILES string of the molecule is C=CS(=O)(=O)NCCCc1ccccc1O. The molecule has 5 heteroatoms. The average Bonchev–Trinajstić information content (AvgIpc) is 2.27. The van der Waals surface area contributed by atoms with Gasteiger partial charge in [0.1, 0.15) is 5.75 Å². The van der Waals surface area contributed by atoms with Crippen molar-refractivity contribution in [3.8, 4) is 5.75 Å². The van der Waals surface area contributed by atoms with Gasteiger partial charge in [-0.25, -0.2) is 13.1 Å². The number of rotatable bonds is 6. The molecule has 0 aliphatic rings. The molecule has 0 saturated heterocycles. The minimum atomic E-state index is -3.33. The lowest BCUT2D eigenvalue weighted by molar-refractivity contribution is 0.467. The summed E-state index contributed by atoms with van der Waals surface area (Å²) in [6, 6.07) is 7.02. The van der Waals surface area contributed by atoms with E-state index in [0.29, 0.717) is 19.4 Å². The first-order valence-corrected chi connectivity index (χ1v) is 6.49. The number of para-hydroxylation sites is 1. The van der Waals surface area contributed by atoms with Crippen LogP contribution in [0.1, 0.15) is 12.0 Å². The van der Waals surface area contributed by atoms with Gasteiger partial charge < -0.3 is 5.11 Å². The lowest BCUT2D eigenvalue weighted by Crippen LogP contribution is -2.22. The zero-order chi connectivity index (χ0) is 12.0. The Morgan fingerprint density at radius 1 is 1.38 bits per heavy atom. The van der Waals surface area contributed by atoms with Gasteiger partial charge in [-0.05, 0) is 24.5 Å². The number of phenolic OH excluding ortho intramolecular Hbond substituents is 1. The fourth-order valence-electron chi connectivity index (χ4n) is 1.27. The molecule has 0 unspecified atom stereocenters. The molecule has 0 fully saturated rings. The quantitative estimate of drug-likeness (QED) is 0.740. The highest BCUT2D eigenvalue weighted by atomic mass is 32.2. The zero-order valence-corrected chi connectivity index (χ0v) is 9.70. The van der Waals surface area contributed by atoms with E-state index in [4.69, 9.17) is 0 Å². The largest absolute Gasteiger partial charge is 0.508 e. The van der Waals surface area contributed by atoms with E-state index in [1.165, 1.54) is 0 Å². The van der Waals surface area contributed by atoms with E-state index >= 15 is 0 Å². The molecule has 0 radical (unpaired) electrons. The van der Waals surface area contributed by atoms with Gasteiger partial charge >= 0.3 is 0 Å². The Morgan fingerprint density at radius 2 is 2.06 bits per heavy atom. The van der Waals surface area contributed by atoms with E-state index < -0.39 is 10.0 Å². The van der Waals surface area contributed by atoms with Crippen molar-refractivity contribution in [3.05, 3.63) is 41.8 Å². The van der Waals surface area contributed by atoms with Crippen molar-refractivity contribution in [1.29, 1.82) is 0 Å². The summed E-state index contributed by atoms with van der Waals surface area (Å²) in [5, 5.41) is 10.3. The molecular weight excluding hydrogens is 226 g/mol. The van der Waals surface area contributed by atoms with Gasteiger partial charge in [0.15, 0.2) is 0 Å². The summed E-state index contributed by atoms with van der Waals surface area (Å²) in [6.07, 6.45) is 1.26. The van der Waals surface area contributed by atoms with E-state index in [2.05, 4.69) is 11.3 Å². The Bertz CT molecular complexity index is 454. The van der Waals surface area contributed by atoms with Crippen LogP contribution in [0.3, 0.4) is 0 Å². The number of phenols is 1. The van der Waals surface area contributed by atoms with Gasteiger partial charge in [-0.2, -0.15) is 0 Å². The standard InChI is InChI=1S/C11H15NO3S/c1-2-16(14,15)12-9-5-7-10-6-3-4-8-11(10)13/h2-4,6,8,12-13H,1,5,7,9H2. The molecule has 0 aliphatic heterocycles. The molecule has 0 saturated carbocycles. The number of hydrogen-bond acceptors (Lipinski definition) is 3. The van der Waals surface area contributed by atoms with Gasteiger partial charge in [-0.1, -0.05) is 24.8 Å².